The van der Waals surface area contributed by atoms with E-state index in [0.717, 1.165) is 25.1 Å². The van der Waals surface area contributed by atoms with Crippen molar-refractivity contribution in [2.75, 3.05) is 0 Å². The Morgan fingerprint density at radius 3 is 2.59 bits per heavy atom. The first-order valence-electron chi connectivity index (χ1n) is 5.81. The van der Waals surface area contributed by atoms with Gasteiger partial charge in [-0.1, -0.05) is 20.8 Å². The zero-order chi connectivity index (χ0) is 12.7. The fourth-order valence-corrected chi connectivity index (χ4v) is 1.82. The molecule has 0 unspecified atom stereocenters. The second-order valence-corrected chi connectivity index (χ2v) is 6.08. The van der Waals surface area contributed by atoms with Gasteiger partial charge in [0.15, 0.2) is 5.82 Å². The molecule has 1 N–H and O–H groups in total. The molecule has 6 nitrogen and oxygen atoms in total. The van der Waals surface area contributed by atoms with Crippen molar-refractivity contribution in [3.63, 3.8) is 0 Å². The van der Waals surface area contributed by atoms with Crippen LogP contribution in [0.2, 0.25) is 0 Å². The lowest BCUT2D eigenvalue weighted by Crippen LogP contribution is -2.24. The van der Waals surface area contributed by atoms with E-state index in [0.29, 0.717) is 6.54 Å². The molecule has 1 aliphatic rings. The van der Waals surface area contributed by atoms with Gasteiger partial charge in [-0.2, -0.15) is 0 Å². The number of hydrogen-bond donors (Lipinski definition) is 1. The second-order valence-electron chi connectivity index (χ2n) is 6.08. The monoisotopic (exact) mass is 238 g/mol. The number of aliphatic carboxylic acids is 1. The van der Waals surface area contributed by atoms with Gasteiger partial charge in [-0.3, -0.25) is 4.79 Å². The van der Waals surface area contributed by atoms with Gasteiger partial charge in [-0.05, 0) is 28.7 Å². The highest BCUT2D eigenvalue weighted by atomic mass is 16.4. The zero-order valence-corrected chi connectivity index (χ0v) is 10.5. The summed E-state index contributed by atoms with van der Waals surface area (Å²) in [4.78, 5) is 11.1. The fourth-order valence-electron chi connectivity index (χ4n) is 1.82. The second kappa shape index (κ2) is 3.78. The molecule has 0 atom stereocenters. The number of aromatic nitrogens is 4. The van der Waals surface area contributed by atoms with Gasteiger partial charge in [0, 0.05) is 6.42 Å². The van der Waals surface area contributed by atoms with Gasteiger partial charge >= 0.3 is 5.97 Å². The Kier molecular flexibility index (Phi) is 2.67. The van der Waals surface area contributed by atoms with Crippen molar-refractivity contribution >= 4 is 5.97 Å². The number of rotatable bonds is 4. The van der Waals surface area contributed by atoms with Crippen LogP contribution >= 0.6 is 0 Å². The Morgan fingerprint density at radius 1 is 1.47 bits per heavy atom. The molecule has 0 radical (unpaired) electrons. The van der Waals surface area contributed by atoms with Crippen LogP contribution in [0.25, 0.3) is 0 Å². The minimum atomic E-state index is -0.741. The maximum absolute atomic E-state index is 11.1. The highest BCUT2D eigenvalue weighted by Gasteiger charge is 2.51. The lowest BCUT2D eigenvalue weighted by Gasteiger charge is -2.18. The van der Waals surface area contributed by atoms with E-state index >= 15 is 0 Å². The summed E-state index contributed by atoms with van der Waals surface area (Å²) in [6.45, 7) is 6.71. The average molecular weight is 238 g/mol. The molecule has 0 bridgehead atoms. The van der Waals surface area contributed by atoms with Crippen LogP contribution in [0.3, 0.4) is 0 Å². The molecule has 0 aliphatic heterocycles. The van der Waals surface area contributed by atoms with Crippen molar-refractivity contribution in [1.82, 2.24) is 20.2 Å². The van der Waals surface area contributed by atoms with E-state index in [-0.39, 0.29) is 5.41 Å². The van der Waals surface area contributed by atoms with Gasteiger partial charge in [0.2, 0.25) is 0 Å². The average Bonchev–Trinajstić information content (AvgIpc) is 2.83. The van der Waals surface area contributed by atoms with Crippen molar-refractivity contribution in [1.29, 1.82) is 0 Å². The number of hydrogen-bond acceptors (Lipinski definition) is 4. The number of nitrogens with zero attached hydrogens (tertiary/aromatic N) is 4. The molecule has 6 heteroatoms. The largest absolute Gasteiger partial charge is 0.481 e. The van der Waals surface area contributed by atoms with Crippen LogP contribution in [0.5, 0.6) is 0 Å². The Bertz CT molecular complexity index is 429. The third-order valence-electron chi connectivity index (χ3n) is 3.05. The summed E-state index contributed by atoms with van der Waals surface area (Å²) in [7, 11) is 0. The molecular formula is C11H18N4O2. The third kappa shape index (κ3) is 2.62. The topological polar surface area (TPSA) is 80.9 Å². The van der Waals surface area contributed by atoms with E-state index < -0.39 is 11.4 Å². The quantitative estimate of drug-likeness (QED) is 0.850. The highest BCUT2D eigenvalue weighted by Crippen LogP contribution is 2.47. The minimum absolute atomic E-state index is 0.0897. The van der Waals surface area contributed by atoms with Crippen LogP contribution in [0.15, 0.2) is 0 Å². The van der Waals surface area contributed by atoms with E-state index in [2.05, 4.69) is 36.3 Å². The molecule has 0 saturated heterocycles. The summed E-state index contributed by atoms with van der Waals surface area (Å²) in [5, 5.41) is 20.7. The normalized spacial score (nSPS) is 18.1. The lowest BCUT2D eigenvalue weighted by atomic mass is 9.92. The van der Waals surface area contributed by atoms with Crippen LogP contribution in [-0.4, -0.2) is 31.3 Å². The third-order valence-corrected chi connectivity index (χ3v) is 3.05. The maximum Gasteiger partial charge on any atom is 0.311 e. The standard InChI is InChI=1S/C11H18N4O2/c1-10(2,3)6-8-12-13-14-15(8)7-11(4-5-11)9(16)17/h4-7H2,1-3H3,(H,16,17). The minimum Gasteiger partial charge on any atom is -0.481 e. The van der Waals surface area contributed by atoms with Crippen molar-refractivity contribution < 1.29 is 9.90 Å². The molecule has 0 spiro atoms. The van der Waals surface area contributed by atoms with Crippen LogP contribution < -0.4 is 0 Å². The first kappa shape index (κ1) is 12.0. The van der Waals surface area contributed by atoms with Crippen LogP contribution in [0, 0.1) is 10.8 Å². The predicted octanol–water partition coefficient (Wildman–Crippen LogP) is 1.13. The van der Waals surface area contributed by atoms with E-state index in [1.54, 1.807) is 4.68 Å². The SMILES string of the molecule is CC(C)(C)Cc1nnnn1CC1(C(=O)O)CC1. The van der Waals surface area contributed by atoms with Crippen LogP contribution in [0.4, 0.5) is 0 Å². The predicted molar refractivity (Wildman–Crippen MR) is 60.3 cm³/mol. The number of carboxylic acids is 1. The Labute approximate surface area is 100 Å². The molecule has 0 aromatic carbocycles. The van der Waals surface area contributed by atoms with Gasteiger partial charge in [0.1, 0.15) is 0 Å². The number of carbonyl (C=O) groups is 1. The zero-order valence-electron chi connectivity index (χ0n) is 10.5. The number of tetrazole rings is 1. The van der Waals surface area contributed by atoms with Crippen molar-refractivity contribution in [2.24, 2.45) is 10.8 Å². The summed E-state index contributed by atoms with van der Waals surface area (Å²) in [5.74, 6) is 0.0275. The smallest absolute Gasteiger partial charge is 0.311 e. The van der Waals surface area contributed by atoms with E-state index in [4.69, 9.17) is 5.11 Å². The lowest BCUT2D eigenvalue weighted by molar-refractivity contribution is -0.144. The highest BCUT2D eigenvalue weighted by molar-refractivity contribution is 5.77. The molecular weight excluding hydrogens is 220 g/mol. The van der Waals surface area contributed by atoms with E-state index in [1.807, 2.05) is 0 Å². The van der Waals surface area contributed by atoms with Gasteiger partial charge < -0.3 is 5.11 Å². The Balaban J connectivity index is 2.12. The first-order valence-corrected chi connectivity index (χ1v) is 5.81. The molecule has 1 heterocycles. The molecule has 17 heavy (non-hydrogen) atoms. The van der Waals surface area contributed by atoms with Crippen molar-refractivity contribution in [2.45, 2.75) is 46.6 Å². The Hall–Kier alpha value is -1.46. The molecule has 1 saturated carbocycles. The molecule has 0 amide bonds. The molecule has 1 aliphatic carbocycles. The molecule has 1 fully saturated rings. The van der Waals surface area contributed by atoms with Gasteiger partial charge in [-0.25, -0.2) is 4.68 Å². The molecule has 94 valence electrons. The van der Waals surface area contributed by atoms with E-state index in [9.17, 15) is 4.79 Å². The van der Waals surface area contributed by atoms with Gasteiger partial charge in [-0.15, -0.1) is 5.10 Å². The maximum atomic E-state index is 11.1. The summed E-state index contributed by atoms with van der Waals surface area (Å²) < 4.78 is 1.65. The summed E-state index contributed by atoms with van der Waals surface area (Å²) in [5.41, 5.74) is -0.533. The molecule has 1 aromatic heterocycles. The van der Waals surface area contributed by atoms with Gasteiger partial charge in [0.25, 0.3) is 0 Å². The van der Waals surface area contributed by atoms with Crippen LogP contribution in [-0.2, 0) is 17.8 Å². The van der Waals surface area contributed by atoms with Crippen molar-refractivity contribution in [3.8, 4) is 0 Å². The summed E-state index contributed by atoms with van der Waals surface area (Å²) in [6, 6.07) is 0. The van der Waals surface area contributed by atoms with Gasteiger partial charge in [0.05, 0.1) is 12.0 Å². The first-order chi connectivity index (χ1) is 7.82. The Morgan fingerprint density at radius 2 is 2.12 bits per heavy atom. The fraction of sp³-hybridized carbons (Fsp3) is 0.818. The summed E-state index contributed by atoms with van der Waals surface area (Å²) in [6.07, 6.45) is 2.18. The van der Waals surface area contributed by atoms with Crippen LogP contribution in [0.1, 0.15) is 39.4 Å². The molecule has 1 aromatic rings. The summed E-state index contributed by atoms with van der Waals surface area (Å²) >= 11 is 0. The number of carboxylic acid groups (broad SMARTS) is 1. The molecule has 2 rings (SSSR count). The van der Waals surface area contributed by atoms with Crippen molar-refractivity contribution in [3.05, 3.63) is 5.82 Å². The van der Waals surface area contributed by atoms with E-state index in [1.165, 1.54) is 0 Å².